The fraction of sp³-hybridized carbons (Fsp3) is 0.250. The number of aromatic nitrogens is 3. The first-order valence-corrected chi connectivity index (χ1v) is 9.41. The SMILES string of the molecule is COc1ccc(-c2nnc(SCCC#N)n2CCc2ccccc2)cc1. The third-order valence-corrected chi connectivity index (χ3v) is 4.95. The number of nitriles is 1. The van der Waals surface area contributed by atoms with Gasteiger partial charge in [-0.3, -0.25) is 0 Å². The van der Waals surface area contributed by atoms with Crippen LogP contribution in [-0.4, -0.2) is 27.6 Å². The molecule has 0 aliphatic rings. The van der Waals surface area contributed by atoms with E-state index < -0.39 is 0 Å². The van der Waals surface area contributed by atoms with Gasteiger partial charge in [0.15, 0.2) is 11.0 Å². The van der Waals surface area contributed by atoms with Crippen molar-refractivity contribution in [1.82, 2.24) is 14.8 Å². The van der Waals surface area contributed by atoms with Crippen LogP contribution in [0.2, 0.25) is 0 Å². The number of methoxy groups -OCH3 is 1. The van der Waals surface area contributed by atoms with E-state index in [9.17, 15) is 0 Å². The molecule has 1 heterocycles. The van der Waals surface area contributed by atoms with Gasteiger partial charge in [-0.25, -0.2) is 0 Å². The van der Waals surface area contributed by atoms with Crippen molar-refractivity contribution >= 4 is 11.8 Å². The number of hydrogen-bond acceptors (Lipinski definition) is 5. The molecular weight excluding hydrogens is 344 g/mol. The first-order chi connectivity index (χ1) is 12.8. The summed E-state index contributed by atoms with van der Waals surface area (Å²) in [6.07, 6.45) is 1.39. The Balaban J connectivity index is 1.86. The summed E-state index contributed by atoms with van der Waals surface area (Å²) in [5.41, 5.74) is 2.27. The smallest absolute Gasteiger partial charge is 0.191 e. The molecule has 0 atom stereocenters. The number of hydrogen-bond donors (Lipinski definition) is 0. The lowest BCUT2D eigenvalue weighted by Gasteiger charge is -2.10. The van der Waals surface area contributed by atoms with Crippen molar-refractivity contribution in [3.05, 3.63) is 60.2 Å². The Morgan fingerprint density at radius 2 is 1.85 bits per heavy atom. The zero-order valence-electron chi connectivity index (χ0n) is 14.6. The number of aryl methyl sites for hydroxylation is 1. The summed E-state index contributed by atoms with van der Waals surface area (Å²) in [7, 11) is 1.65. The molecule has 5 nitrogen and oxygen atoms in total. The maximum atomic E-state index is 8.78. The van der Waals surface area contributed by atoms with Crippen molar-refractivity contribution in [2.75, 3.05) is 12.9 Å². The van der Waals surface area contributed by atoms with E-state index in [1.165, 1.54) is 5.56 Å². The summed E-state index contributed by atoms with van der Waals surface area (Å²) in [6.45, 7) is 0.785. The molecule has 0 aliphatic heterocycles. The molecular formula is C20H20N4OS. The van der Waals surface area contributed by atoms with Gasteiger partial charge in [0.25, 0.3) is 0 Å². The molecule has 3 aromatic rings. The first kappa shape index (κ1) is 18.0. The summed E-state index contributed by atoms with van der Waals surface area (Å²) < 4.78 is 7.37. The lowest BCUT2D eigenvalue weighted by atomic mass is 10.1. The molecule has 0 aliphatic carbocycles. The van der Waals surface area contributed by atoms with Gasteiger partial charge in [-0.1, -0.05) is 42.1 Å². The number of benzene rings is 2. The second-order valence-electron chi connectivity index (χ2n) is 5.68. The lowest BCUT2D eigenvalue weighted by Crippen LogP contribution is -2.05. The van der Waals surface area contributed by atoms with Gasteiger partial charge in [0.05, 0.1) is 13.2 Å². The highest BCUT2D eigenvalue weighted by Crippen LogP contribution is 2.26. The van der Waals surface area contributed by atoms with Crippen molar-refractivity contribution in [3.8, 4) is 23.2 Å². The average molecular weight is 364 g/mol. The topological polar surface area (TPSA) is 63.7 Å². The fourth-order valence-corrected chi connectivity index (χ4v) is 3.43. The van der Waals surface area contributed by atoms with Crippen LogP contribution < -0.4 is 4.74 Å². The van der Waals surface area contributed by atoms with E-state index in [2.05, 4.69) is 45.1 Å². The molecule has 0 bridgehead atoms. The highest BCUT2D eigenvalue weighted by Gasteiger charge is 2.14. The van der Waals surface area contributed by atoms with Crippen LogP contribution in [0.4, 0.5) is 0 Å². The van der Waals surface area contributed by atoms with Crippen LogP contribution in [0.25, 0.3) is 11.4 Å². The predicted octanol–water partition coefficient (Wildman–Crippen LogP) is 4.20. The highest BCUT2D eigenvalue weighted by molar-refractivity contribution is 7.99. The van der Waals surface area contributed by atoms with Gasteiger partial charge in [0.2, 0.25) is 0 Å². The summed E-state index contributed by atoms with van der Waals surface area (Å²) >= 11 is 1.57. The molecule has 0 unspecified atom stereocenters. The maximum absolute atomic E-state index is 8.78. The van der Waals surface area contributed by atoms with E-state index in [4.69, 9.17) is 10.00 Å². The molecule has 0 amide bonds. The summed E-state index contributed by atoms with van der Waals surface area (Å²) in [5, 5.41) is 18.4. The maximum Gasteiger partial charge on any atom is 0.191 e. The normalized spacial score (nSPS) is 10.5. The van der Waals surface area contributed by atoms with Crippen molar-refractivity contribution < 1.29 is 4.74 Å². The van der Waals surface area contributed by atoms with Gasteiger partial charge in [-0.15, -0.1) is 10.2 Å². The van der Waals surface area contributed by atoms with Crippen LogP contribution in [0.15, 0.2) is 59.8 Å². The summed E-state index contributed by atoms with van der Waals surface area (Å²) in [6, 6.07) is 20.4. The van der Waals surface area contributed by atoms with Crippen LogP contribution in [0.3, 0.4) is 0 Å². The Labute approximate surface area is 157 Å². The van der Waals surface area contributed by atoms with Crippen molar-refractivity contribution in [3.63, 3.8) is 0 Å². The van der Waals surface area contributed by atoms with Gasteiger partial charge >= 0.3 is 0 Å². The average Bonchev–Trinajstić information content (AvgIpc) is 3.10. The Morgan fingerprint density at radius 1 is 1.08 bits per heavy atom. The van der Waals surface area contributed by atoms with Crippen LogP contribution >= 0.6 is 11.8 Å². The minimum Gasteiger partial charge on any atom is -0.497 e. The Bertz CT molecular complexity index is 869. The molecule has 0 saturated carbocycles. The van der Waals surface area contributed by atoms with Crippen LogP contribution in [0.5, 0.6) is 5.75 Å². The molecule has 132 valence electrons. The van der Waals surface area contributed by atoms with E-state index >= 15 is 0 Å². The molecule has 0 N–H and O–H groups in total. The van der Waals surface area contributed by atoms with E-state index in [0.717, 1.165) is 35.3 Å². The van der Waals surface area contributed by atoms with E-state index in [1.807, 2.05) is 30.3 Å². The minimum atomic E-state index is 0.494. The molecule has 6 heteroatoms. The highest BCUT2D eigenvalue weighted by atomic mass is 32.2. The Hall–Kier alpha value is -2.78. The van der Waals surface area contributed by atoms with Gasteiger partial charge in [-0.05, 0) is 36.2 Å². The minimum absolute atomic E-state index is 0.494. The quantitative estimate of drug-likeness (QED) is 0.443. The summed E-state index contributed by atoms with van der Waals surface area (Å²) in [5.74, 6) is 2.36. The van der Waals surface area contributed by atoms with Gasteiger partial charge < -0.3 is 9.30 Å². The second kappa shape index (κ2) is 9.07. The molecule has 26 heavy (non-hydrogen) atoms. The van der Waals surface area contributed by atoms with Gasteiger partial charge in [-0.2, -0.15) is 5.26 Å². The van der Waals surface area contributed by atoms with Crippen molar-refractivity contribution in [2.24, 2.45) is 0 Å². The first-order valence-electron chi connectivity index (χ1n) is 8.43. The summed E-state index contributed by atoms with van der Waals surface area (Å²) in [4.78, 5) is 0. The number of rotatable bonds is 8. The second-order valence-corrected chi connectivity index (χ2v) is 6.74. The Morgan fingerprint density at radius 3 is 2.54 bits per heavy atom. The predicted molar refractivity (Wildman–Crippen MR) is 103 cm³/mol. The zero-order chi connectivity index (χ0) is 18.2. The molecule has 0 saturated heterocycles. The third kappa shape index (κ3) is 4.44. The standard InChI is InChI=1S/C20H20N4OS/c1-25-18-10-8-17(9-11-18)19-22-23-20(26-15-5-13-21)24(19)14-12-16-6-3-2-4-7-16/h2-4,6-11H,5,12,14-15H2,1H3. The number of nitrogens with zero attached hydrogens (tertiary/aromatic N) is 4. The lowest BCUT2D eigenvalue weighted by molar-refractivity contribution is 0.415. The molecule has 0 fully saturated rings. The number of ether oxygens (including phenoxy) is 1. The molecule has 3 rings (SSSR count). The van der Waals surface area contributed by atoms with Gasteiger partial charge in [0.1, 0.15) is 5.75 Å². The molecule has 2 aromatic carbocycles. The zero-order valence-corrected chi connectivity index (χ0v) is 15.4. The van der Waals surface area contributed by atoms with Crippen molar-refractivity contribution in [2.45, 2.75) is 24.5 Å². The van der Waals surface area contributed by atoms with Crippen LogP contribution in [-0.2, 0) is 13.0 Å². The van der Waals surface area contributed by atoms with Crippen LogP contribution in [0, 0.1) is 11.3 Å². The molecule has 1 aromatic heterocycles. The van der Waals surface area contributed by atoms with E-state index in [-0.39, 0.29) is 0 Å². The van der Waals surface area contributed by atoms with Crippen LogP contribution in [0.1, 0.15) is 12.0 Å². The van der Waals surface area contributed by atoms with Crippen molar-refractivity contribution in [1.29, 1.82) is 5.26 Å². The molecule has 0 spiro atoms. The largest absolute Gasteiger partial charge is 0.497 e. The third-order valence-electron chi connectivity index (χ3n) is 3.98. The van der Waals surface area contributed by atoms with Gasteiger partial charge in [0, 0.05) is 24.3 Å². The van der Waals surface area contributed by atoms with E-state index in [1.54, 1.807) is 18.9 Å². The number of thioether (sulfide) groups is 1. The monoisotopic (exact) mass is 364 g/mol. The fourth-order valence-electron chi connectivity index (χ4n) is 2.62. The molecule has 0 radical (unpaired) electrons. The Kier molecular flexibility index (Phi) is 6.29. The van der Waals surface area contributed by atoms with E-state index in [0.29, 0.717) is 12.2 Å².